The molecule has 1 amide bonds. The molecule has 2 heterocycles. The lowest BCUT2D eigenvalue weighted by atomic mass is 9.89. The van der Waals surface area contributed by atoms with Crippen molar-refractivity contribution in [2.24, 2.45) is 7.05 Å². The van der Waals surface area contributed by atoms with E-state index >= 15 is 0 Å². The lowest BCUT2D eigenvalue weighted by Gasteiger charge is -2.39. The number of carbonyl (C=O) groups excluding carboxylic acids is 1. The number of carbonyl (C=O) groups is 1. The lowest BCUT2D eigenvalue weighted by Crippen LogP contribution is -2.51. The van der Waals surface area contributed by atoms with Crippen molar-refractivity contribution in [2.75, 3.05) is 13.1 Å². The molecule has 1 aliphatic rings. The molecule has 6 nitrogen and oxygen atoms in total. The van der Waals surface area contributed by atoms with Crippen LogP contribution in [-0.4, -0.2) is 49.4 Å². The lowest BCUT2D eigenvalue weighted by molar-refractivity contribution is -0.137. The summed E-state index contributed by atoms with van der Waals surface area (Å²) in [5, 5.41) is 18.7. The number of benzene rings is 1. The highest BCUT2D eigenvalue weighted by Gasteiger charge is 2.36. The molecular weight excluding hydrogens is 335 g/mol. The van der Waals surface area contributed by atoms with E-state index in [4.69, 9.17) is 0 Å². The molecule has 2 aromatic rings. The number of halogens is 1. The molecule has 3 rings (SSSR count). The second kappa shape index (κ2) is 7.78. The minimum atomic E-state index is -0.977. The number of hydrogen-bond donors (Lipinski definition) is 1. The molecule has 1 atom stereocenters. The maximum absolute atomic E-state index is 12.9. The molecule has 1 aliphatic heterocycles. The fourth-order valence-electron chi connectivity index (χ4n) is 3.23. The molecule has 0 spiro atoms. The Bertz CT molecular complexity index is 787. The number of nitrogens with zero attached hydrogens (tertiary/aromatic N) is 4. The van der Waals surface area contributed by atoms with E-state index in [1.807, 2.05) is 7.05 Å². The molecule has 7 heteroatoms. The Morgan fingerprint density at radius 3 is 2.85 bits per heavy atom. The summed E-state index contributed by atoms with van der Waals surface area (Å²) >= 11 is 0. The van der Waals surface area contributed by atoms with Gasteiger partial charge in [-0.1, -0.05) is 24.3 Å². The van der Waals surface area contributed by atoms with E-state index < -0.39 is 5.60 Å². The third-order valence-corrected chi connectivity index (χ3v) is 4.67. The van der Waals surface area contributed by atoms with Gasteiger partial charge in [-0.3, -0.25) is 4.79 Å². The Hall–Kier alpha value is -2.54. The smallest absolute Gasteiger partial charge is 0.226 e. The van der Waals surface area contributed by atoms with Crippen LogP contribution in [0.15, 0.2) is 36.7 Å². The summed E-state index contributed by atoms with van der Waals surface area (Å²) in [5.74, 6) is 0.395. The van der Waals surface area contributed by atoms with Gasteiger partial charge in [0.1, 0.15) is 18.0 Å². The number of β-amino-alcohol motifs (C(OH)–C–C–N with tert-alkyl or cyclic N) is 1. The van der Waals surface area contributed by atoms with Crippen LogP contribution in [0.25, 0.3) is 6.08 Å². The van der Waals surface area contributed by atoms with Crippen molar-refractivity contribution in [1.82, 2.24) is 19.7 Å². The number of amides is 1. The number of aromatic nitrogens is 3. The highest BCUT2D eigenvalue weighted by atomic mass is 19.1. The van der Waals surface area contributed by atoms with Crippen LogP contribution in [0.3, 0.4) is 0 Å². The van der Waals surface area contributed by atoms with Crippen molar-refractivity contribution in [2.45, 2.75) is 31.3 Å². The molecule has 0 aliphatic carbocycles. The Balaban J connectivity index is 1.57. The van der Waals surface area contributed by atoms with E-state index in [9.17, 15) is 14.3 Å². The molecule has 1 saturated heterocycles. The fourth-order valence-corrected chi connectivity index (χ4v) is 3.23. The van der Waals surface area contributed by atoms with Crippen LogP contribution in [0.2, 0.25) is 0 Å². The first-order chi connectivity index (χ1) is 12.5. The fraction of sp³-hybridized carbons (Fsp3) is 0.421. The molecule has 1 fully saturated rings. The van der Waals surface area contributed by atoms with Gasteiger partial charge in [-0.15, -0.1) is 10.2 Å². The second-order valence-corrected chi connectivity index (χ2v) is 6.84. The average molecular weight is 358 g/mol. The van der Waals surface area contributed by atoms with E-state index in [2.05, 4.69) is 10.2 Å². The Kier molecular flexibility index (Phi) is 5.46. The van der Waals surface area contributed by atoms with Crippen LogP contribution < -0.4 is 0 Å². The summed E-state index contributed by atoms with van der Waals surface area (Å²) < 4.78 is 14.7. The second-order valence-electron chi connectivity index (χ2n) is 6.84. The summed E-state index contributed by atoms with van der Waals surface area (Å²) in [7, 11) is 1.84. The van der Waals surface area contributed by atoms with Gasteiger partial charge in [0.15, 0.2) is 0 Å². The van der Waals surface area contributed by atoms with Crippen LogP contribution >= 0.6 is 0 Å². The van der Waals surface area contributed by atoms with E-state index in [1.165, 1.54) is 12.1 Å². The summed E-state index contributed by atoms with van der Waals surface area (Å²) in [6.07, 6.45) is 7.18. The van der Waals surface area contributed by atoms with Crippen molar-refractivity contribution >= 4 is 12.0 Å². The van der Waals surface area contributed by atoms with E-state index in [-0.39, 0.29) is 18.1 Å². The zero-order chi connectivity index (χ0) is 18.6. The van der Waals surface area contributed by atoms with E-state index in [0.29, 0.717) is 31.8 Å². The highest BCUT2D eigenvalue weighted by Crippen LogP contribution is 2.25. The first-order valence-electron chi connectivity index (χ1n) is 8.70. The predicted molar refractivity (Wildman–Crippen MR) is 95.5 cm³/mol. The zero-order valence-corrected chi connectivity index (χ0v) is 14.8. The molecule has 138 valence electrons. The molecule has 1 N–H and O–H groups in total. The molecule has 1 aromatic heterocycles. The first-order valence-corrected chi connectivity index (χ1v) is 8.70. The molecular formula is C19H23FN4O2. The largest absolute Gasteiger partial charge is 0.388 e. The van der Waals surface area contributed by atoms with Gasteiger partial charge >= 0.3 is 0 Å². The van der Waals surface area contributed by atoms with Gasteiger partial charge in [-0.05, 0) is 30.5 Å². The van der Waals surface area contributed by atoms with Crippen LogP contribution in [0, 0.1) is 5.82 Å². The van der Waals surface area contributed by atoms with Crippen LogP contribution in [-0.2, 0) is 18.3 Å². The van der Waals surface area contributed by atoms with Gasteiger partial charge in [0.25, 0.3) is 0 Å². The van der Waals surface area contributed by atoms with Crippen molar-refractivity contribution < 1.29 is 14.3 Å². The topological polar surface area (TPSA) is 71.2 Å². The van der Waals surface area contributed by atoms with E-state index in [0.717, 1.165) is 12.0 Å². The van der Waals surface area contributed by atoms with Crippen LogP contribution in [0.5, 0.6) is 0 Å². The van der Waals surface area contributed by atoms with E-state index in [1.54, 1.807) is 40.1 Å². The maximum atomic E-state index is 12.9. The number of aliphatic hydroxyl groups is 1. The number of piperidine rings is 1. The first kappa shape index (κ1) is 18.3. The third-order valence-electron chi connectivity index (χ3n) is 4.67. The normalized spacial score (nSPS) is 20.7. The van der Waals surface area contributed by atoms with Gasteiger partial charge in [0.2, 0.25) is 5.91 Å². The number of hydrogen-bond acceptors (Lipinski definition) is 4. The van der Waals surface area contributed by atoms with Crippen molar-refractivity contribution in [3.63, 3.8) is 0 Å². The van der Waals surface area contributed by atoms with Gasteiger partial charge in [-0.25, -0.2) is 4.39 Å². The zero-order valence-electron chi connectivity index (χ0n) is 14.8. The minimum absolute atomic E-state index is 0.0283. The van der Waals surface area contributed by atoms with Gasteiger partial charge in [0, 0.05) is 33.0 Å². The standard InChI is InChI=1S/C19H23FN4O2/c1-23-14-21-22-17(23)12-19(26)10-3-11-24(13-19)18(25)5-2-4-15-6-8-16(20)9-7-15/h2,4,6-9,14,26H,3,5,10-13H2,1H3/b4-2+. The minimum Gasteiger partial charge on any atom is -0.388 e. The molecule has 1 aromatic carbocycles. The maximum Gasteiger partial charge on any atom is 0.226 e. The summed E-state index contributed by atoms with van der Waals surface area (Å²) in [6.45, 7) is 0.938. The Labute approximate surface area is 152 Å². The molecule has 0 bridgehead atoms. The molecule has 0 radical (unpaired) electrons. The molecule has 1 unspecified atom stereocenters. The third kappa shape index (κ3) is 4.54. The summed E-state index contributed by atoms with van der Waals surface area (Å²) in [4.78, 5) is 14.2. The predicted octanol–water partition coefficient (Wildman–Crippen LogP) is 1.95. The van der Waals surface area contributed by atoms with Crippen molar-refractivity contribution in [3.05, 3.63) is 53.9 Å². The number of aryl methyl sites for hydroxylation is 1. The Morgan fingerprint density at radius 1 is 1.38 bits per heavy atom. The molecule has 26 heavy (non-hydrogen) atoms. The van der Waals surface area contributed by atoms with Crippen LogP contribution in [0.4, 0.5) is 4.39 Å². The SMILES string of the molecule is Cn1cnnc1CC1(O)CCCN(C(=O)C/C=C/c2ccc(F)cc2)C1. The van der Waals surface area contributed by atoms with Crippen molar-refractivity contribution in [3.8, 4) is 0 Å². The van der Waals surface area contributed by atoms with Gasteiger partial charge in [0.05, 0.1) is 5.60 Å². The summed E-state index contributed by atoms with van der Waals surface area (Å²) in [6, 6.07) is 6.10. The number of likely N-dealkylation sites (tertiary alicyclic amines) is 1. The molecule has 0 saturated carbocycles. The van der Waals surface area contributed by atoms with Gasteiger partial charge < -0.3 is 14.6 Å². The quantitative estimate of drug-likeness (QED) is 0.887. The van der Waals surface area contributed by atoms with Gasteiger partial charge in [-0.2, -0.15) is 0 Å². The highest BCUT2D eigenvalue weighted by molar-refractivity contribution is 5.79. The van der Waals surface area contributed by atoms with Crippen molar-refractivity contribution in [1.29, 1.82) is 0 Å². The van der Waals surface area contributed by atoms with Crippen LogP contribution in [0.1, 0.15) is 30.7 Å². The average Bonchev–Trinajstić information content (AvgIpc) is 3.01. The monoisotopic (exact) mass is 358 g/mol. The Morgan fingerprint density at radius 2 is 2.15 bits per heavy atom. The summed E-state index contributed by atoms with van der Waals surface area (Å²) in [5.41, 5.74) is -0.133. The number of rotatable bonds is 5.